The van der Waals surface area contributed by atoms with Gasteiger partial charge in [-0.15, -0.1) is 0 Å². The van der Waals surface area contributed by atoms with Gasteiger partial charge in [0.25, 0.3) is 0 Å². The Balaban J connectivity index is 1.90. The van der Waals surface area contributed by atoms with Crippen molar-refractivity contribution in [2.45, 2.75) is 46.0 Å². The van der Waals surface area contributed by atoms with Crippen LogP contribution < -0.4 is 15.5 Å². The Morgan fingerprint density at radius 1 is 0.929 bits per heavy atom. The molecule has 28 heavy (non-hydrogen) atoms. The maximum absolute atomic E-state index is 12.8. The Labute approximate surface area is 168 Å². The number of nitrogens with zero attached hydrogens (tertiary/aromatic N) is 1. The lowest BCUT2D eigenvalue weighted by Gasteiger charge is -2.23. The van der Waals surface area contributed by atoms with Crippen molar-refractivity contribution in [3.8, 4) is 0 Å². The molecule has 5 nitrogen and oxygen atoms in total. The Morgan fingerprint density at radius 2 is 1.64 bits per heavy atom. The second-order valence-electron chi connectivity index (χ2n) is 6.94. The van der Waals surface area contributed by atoms with Crippen molar-refractivity contribution < 1.29 is 9.59 Å². The minimum absolute atomic E-state index is 0.0869. The lowest BCUT2D eigenvalue weighted by atomic mass is 10.2. The fourth-order valence-electron chi connectivity index (χ4n) is 2.87. The van der Waals surface area contributed by atoms with Crippen LogP contribution in [0.25, 0.3) is 0 Å². The highest BCUT2D eigenvalue weighted by molar-refractivity contribution is 6.01. The molecule has 0 bridgehead atoms. The zero-order valence-electron chi connectivity index (χ0n) is 16.9. The number of anilines is 2. The fourth-order valence-corrected chi connectivity index (χ4v) is 2.87. The van der Waals surface area contributed by atoms with Crippen molar-refractivity contribution in [1.82, 2.24) is 5.32 Å². The van der Waals surface area contributed by atoms with Crippen LogP contribution in [0.2, 0.25) is 0 Å². The fraction of sp³-hybridized carbons (Fsp3) is 0.391. The summed E-state index contributed by atoms with van der Waals surface area (Å²) >= 11 is 0. The lowest BCUT2D eigenvalue weighted by Crippen LogP contribution is -2.37. The van der Waals surface area contributed by atoms with Crippen LogP contribution >= 0.6 is 0 Å². The largest absolute Gasteiger partial charge is 0.356 e. The van der Waals surface area contributed by atoms with E-state index in [1.165, 1.54) is 0 Å². The van der Waals surface area contributed by atoms with Crippen LogP contribution in [0.1, 0.15) is 44.6 Å². The molecule has 0 aliphatic rings. The van der Waals surface area contributed by atoms with E-state index in [4.69, 9.17) is 0 Å². The number of urea groups is 1. The highest BCUT2D eigenvalue weighted by Crippen LogP contribution is 2.16. The molecule has 0 heterocycles. The van der Waals surface area contributed by atoms with Crippen molar-refractivity contribution >= 4 is 23.3 Å². The van der Waals surface area contributed by atoms with Gasteiger partial charge >= 0.3 is 6.03 Å². The quantitative estimate of drug-likeness (QED) is 0.561. The Bertz CT molecular complexity index is 729. The van der Waals surface area contributed by atoms with Crippen LogP contribution in [0.5, 0.6) is 0 Å². The first-order chi connectivity index (χ1) is 13.6. The maximum atomic E-state index is 12.8. The molecule has 0 saturated carbocycles. The summed E-state index contributed by atoms with van der Waals surface area (Å²) < 4.78 is 0. The van der Waals surface area contributed by atoms with Crippen molar-refractivity contribution in [3.05, 3.63) is 60.2 Å². The van der Waals surface area contributed by atoms with E-state index in [0.717, 1.165) is 36.2 Å². The molecule has 0 radical (unpaired) electrons. The Hall–Kier alpha value is -2.82. The average Bonchev–Trinajstić information content (AvgIpc) is 2.70. The number of hydrogen-bond acceptors (Lipinski definition) is 2. The first-order valence-corrected chi connectivity index (χ1v) is 10.1. The molecule has 2 aromatic carbocycles. The molecule has 0 aliphatic heterocycles. The molecule has 3 amide bonds. The van der Waals surface area contributed by atoms with Crippen LogP contribution in [0.3, 0.4) is 0 Å². The number of unbranched alkanes of at least 4 members (excludes halogenated alkanes) is 2. The predicted molar refractivity (Wildman–Crippen MR) is 116 cm³/mol. The number of carbonyl (C=O) groups excluding carboxylic acids is 2. The number of aryl methyl sites for hydroxylation is 1. The van der Waals surface area contributed by atoms with E-state index in [2.05, 4.69) is 17.6 Å². The van der Waals surface area contributed by atoms with Gasteiger partial charge in [-0.25, -0.2) is 4.79 Å². The molecule has 0 unspecified atom stereocenters. The monoisotopic (exact) mass is 381 g/mol. The van der Waals surface area contributed by atoms with E-state index < -0.39 is 0 Å². The van der Waals surface area contributed by atoms with E-state index >= 15 is 0 Å². The number of carbonyl (C=O) groups is 2. The van der Waals surface area contributed by atoms with Gasteiger partial charge in [-0.3, -0.25) is 9.69 Å². The van der Waals surface area contributed by atoms with Crippen LogP contribution in [-0.2, 0) is 4.79 Å². The second kappa shape index (κ2) is 11.8. The van der Waals surface area contributed by atoms with Gasteiger partial charge in [-0.2, -0.15) is 0 Å². The summed E-state index contributed by atoms with van der Waals surface area (Å²) in [5.74, 6) is 0.0869. The summed E-state index contributed by atoms with van der Waals surface area (Å²) in [6, 6.07) is 17.1. The summed E-state index contributed by atoms with van der Waals surface area (Å²) in [7, 11) is 0. The normalized spacial score (nSPS) is 10.4. The van der Waals surface area contributed by atoms with E-state index in [9.17, 15) is 9.59 Å². The van der Waals surface area contributed by atoms with Crippen molar-refractivity contribution in [1.29, 1.82) is 0 Å². The van der Waals surface area contributed by atoms with Gasteiger partial charge < -0.3 is 10.6 Å². The van der Waals surface area contributed by atoms with Crippen LogP contribution in [-0.4, -0.2) is 25.0 Å². The molecular formula is C23H31N3O2. The number of amides is 3. The third-order valence-electron chi connectivity index (χ3n) is 4.50. The van der Waals surface area contributed by atoms with Crippen LogP contribution in [0.15, 0.2) is 54.6 Å². The summed E-state index contributed by atoms with van der Waals surface area (Å²) in [6.45, 7) is 5.22. The smallest absolute Gasteiger partial charge is 0.326 e. The molecule has 2 N–H and O–H groups in total. The number of nitrogens with one attached hydrogen (secondary N) is 2. The molecule has 0 atom stereocenters. The minimum Gasteiger partial charge on any atom is -0.356 e. The van der Waals surface area contributed by atoms with Gasteiger partial charge in [-0.05, 0) is 44.0 Å². The van der Waals surface area contributed by atoms with E-state index in [0.29, 0.717) is 25.9 Å². The molecule has 5 heteroatoms. The topological polar surface area (TPSA) is 61.4 Å². The highest BCUT2D eigenvalue weighted by atomic mass is 16.2. The maximum Gasteiger partial charge on any atom is 0.326 e. The number of benzene rings is 2. The average molecular weight is 382 g/mol. The van der Waals surface area contributed by atoms with Gasteiger partial charge in [0.1, 0.15) is 0 Å². The standard InChI is InChI=1S/C23H31N3O2/c1-3-4-6-12-22(27)24-17-9-18-26(21-10-7-5-8-11-21)23(28)25-20-15-13-19(2)14-16-20/h5,7-8,10-11,13-16H,3-4,6,9,12,17-18H2,1-2H3,(H,24,27)(H,25,28). The predicted octanol–water partition coefficient (Wildman–Crippen LogP) is 5.12. The number of rotatable bonds is 10. The van der Waals surface area contributed by atoms with Gasteiger partial charge in [-0.1, -0.05) is 55.7 Å². The first-order valence-electron chi connectivity index (χ1n) is 10.1. The minimum atomic E-state index is -0.177. The van der Waals surface area contributed by atoms with Crippen LogP contribution in [0.4, 0.5) is 16.2 Å². The molecule has 0 aliphatic carbocycles. The molecular weight excluding hydrogens is 350 g/mol. The third-order valence-corrected chi connectivity index (χ3v) is 4.50. The first kappa shape index (κ1) is 21.5. The third kappa shape index (κ3) is 7.43. The molecule has 0 spiro atoms. The molecule has 150 valence electrons. The summed E-state index contributed by atoms with van der Waals surface area (Å²) in [5.41, 5.74) is 2.75. The van der Waals surface area contributed by atoms with Gasteiger partial charge in [0.05, 0.1) is 0 Å². The van der Waals surface area contributed by atoms with Gasteiger partial charge in [0.15, 0.2) is 0 Å². The SMILES string of the molecule is CCCCCC(=O)NCCCN(C(=O)Nc1ccc(C)cc1)c1ccccc1. The molecule has 2 rings (SSSR count). The summed E-state index contributed by atoms with van der Waals surface area (Å²) in [5, 5.41) is 5.90. The summed E-state index contributed by atoms with van der Waals surface area (Å²) in [4.78, 5) is 26.4. The zero-order chi connectivity index (χ0) is 20.2. The van der Waals surface area contributed by atoms with Crippen molar-refractivity contribution in [2.24, 2.45) is 0 Å². The summed E-state index contributed by atoms with van der Waals surface area (Å²) in [6.07, 6.45) is 4.38. The van der Waals surface area contributed by atoms with E-state index in [1.54, 1.807) is 4.90 Å². The number of para-hydroxylation sites is 1. The van der Waals surface area contributed by atoms with Gasteiger partial charge in [0.2, 0.25) is 5.91 Å². The zero-order valence-corrected chi connectivity index (χ0v) is 16.9. The Kier molecular flexibility index (Phi) is 9.05. The van der Waals surface area contributed by atoms with Gasteiger partial charge in [0, 0.05) is 30.9 Å². The molecule has 0 fully saturated rings. The van der Waals surface area contributed by atoms with E-state index in [-0.39, 0.29) is 11.9 Å². The number of hydrogen-bond donors (Lipinski definition) is 2. The molecule has 0 saturated heterocycles. The lowest BCUT2D eigenvalue weighted by molar-refractivity contribution is -0.121. The molecule has 0 aromatic heterocycles. The van der Waals surface area contributed by atoms with E-state index in [1.807, 2.05) is 61.5 Å². The van der Waals surface area contributed by atoms with Crippen LogP contribution in [0, 0.1) is 6.92 Å². The highest BCUT2D eigenvalue weighted by Gasteiger charge is 2.15. The van der Waals surface area contributed by atoms with Crippen molar-refractivity contribution in [3.63, 3.8) is 0 Å². The van der Waals surface area contributed by atoms with Crippen molar-refractivity contribution in [2.75, 3.05) is 23.3 Å². The Morgan fingerprint density at radius 3 is 2.32 bits per heavy atom. The second-order valence-corrected chi connectivity index (χ2v) is 6.94. The molecule has 2 aromatic rings.